The van der Waals surface area contributed by atoms with Gasteiger partial charge in [-0.1, -0.05) is 22.4 Å². The van der Waals surface area contributed by atoms with Crippen molar-refractivity contribution in [3.63, 3.8) is 0 Å². The third-order valence-corrected chi connectivity index (χ3v) is 4.58. The van der Waals surface area contributed by atoms with Gasteiger partial charge in [-0.05, 0) is 24.7 Å². The normalized spacial score (nSPS) is 26.2. The van der Waals surface area contributed by atoms with E-state index in [1.807, 2.05) is 0 Å². The number of rotatable bonds is 3. The molecule has 0 aromatic heterocycles. The Labute approximate surface area is 87.8 Å². The van der Waals surface area contributed by atoms with Crippen LogP contribution in [0.1, 0.15) is 32.1 Å². The standard InChI is InChI=1S/C10H16BrNO/c11-7-10(4-2-5-10)8-12-6-1-3-9(12)13/h1-8H2. The van der Waals surface area contributed by atoms with Crippen LogP contribution in [0.2, 0.25) is 0 Å². The molecule has 0 bridgehead atoms. The van der Waals surface area contributed by atoms with Crippen molar-refractivity contribution in [2.45, 2.75) is 32.1 Å². The number of hydrogen-bond acceptors (Lipinski definition) is 1. The van der Waals surface area contributed by atoms with Gasteiger partial charge < -0.3 is 4.90 Å². The lowest BCUT2D eigenvalue weighted by Gasteiger charge is -2.43. The number of carbonyl (C=O) groups is 1. The third-order valence-electron chi connectivity index (χ3n) is 3.40. The maximum absolute atomic E-state index is 11.4. The summed E-state index contributed by atoms with van der Waals surface area (Å²) >= 11 is 3.57. The van der Waals surface area contributed by atoms with Gasteiger partial charge in [-0.3, -0.25) is 4.79 Å². The smallest absolute Gasteiger partial charge is 0.222 e. The van der Waals surface area contributed by atoms with E-state index < -0.39 is 0 Å². The quantitative estimate of drug-likeness (QED) is 0.699. The van der Waals surface area contributed by atoms with Gasteiger partial charge in [0.2, 0.25) is 5.91 Å². The lowest BCUT2D eigenvalue weighted by Crippen LogP contribution is -2.43. The SMILES string of the molecule is O=C1CCCN1CC1(CBr)CCC1. The molecule has 0 aromatic carbocycles. The molecule has 2 aliphatic rings. The van der Waals surface area contributed by atoms with Crippen molar-refractivity contribution < 1.29 is 4.79 Å². The molecule has 0 aromatic rings. The molecule has 0 unspecified atom stereocenters. The molecule has 0 spiro atoms. The van der Waals surface area contributed by atoms with Gasteiger partial charge in [0, 0.05) is 24.8 Å². The Kier molecular flexibility index (Phi) is 2.63. The maximum atomic E-state index is 11.4. The zero-order chi connectivity index (χ0) is 9.31. The molecular weight excluding hydrogens is 230 g/mol. The van der Waals surface area contributed by atoms with Crippen LogP contribution in [0.4, 0.5) is 0 Å². The van der Waals surface area contributed by atoms with Crippen LogP contribution in [-0.4, -0.2) is 29.2 Å². The van der Waals surface area contributed by atoms with Crippen molar-refractivity contribution in [1.82, 2.24) is 4.90 Å². The van der Waals surface area contributed by atoms with E-state index in [-0.39, 0.29) is 0 Å². The molecule has 1 amide bonds. The van der Waals surface area contributed by atoms with Gasteiger partial charge in [0.05, 0.1) is 0 Å². The molecule has 0 atom stereocenters. The van der Waals surface area contributed by atoms with E-state index in [0.717, 1.165) is 31.3 Å². The second-order valence-electron chi connectivity index (χ2n) is 4.41. The molecule has 2 nitrogen and oxygen atoms in total. The Morgan fingerprint density at radius 1 is 1.38 bits per heavy atom. The Morgan fingerprint density at radius 3 is 2.54 bits per heavy atom. The first-order valence-corrected chi connectivity index (χ1v) is 6.22. The van der Waals surface area contributed by atoms with Gasteiger partial charge in [0.1, 0.15) is 0 Å². The zero-order valence-electron chi connectivity index (χ0n) is 7.89. The number of hydrogen-bond donors (Lipinski definition) is 0. The van der Waals surface area contributed by atoms with Crippen molar-refractivity contribution in [3.05, 3.63) is 0 Å². The lowest BCUT2D eigenvalue weighted by atomic mass is 9.70. The second kappa shape index (κ2) is 3.60. The van der Waals surface area contributed by atoms with E-state index in [2.05, 4.69) is 20.8 Å². The monoisotopic (exact) mass is 245 g/mol. The molecular formula is C10H16BrNO. The average molecular weight is 246 g/mol. The summed E-state index contributed by atoms with van der Waals surface area (Å²) in [7, 11) is 0. The molecule has 3 heteroatoms. The minimum absolute atomic E-state index is 0.368. The second-order valence-corrected chi connectivity index (χ2v) is 4.97. The number of likely N-dealkylation sites (tertiary alicyclic amines) is 1. The van der Waals surface area contributed by atoms with E-state index in [0.29, 0.717) is 11.3 Å². The molecule has 13 heavy (non-hydrogen) atoms. The van der Waals surface area contributed by atoms with E-state index in [1.165, 1.54) is 19.3 Å². The predicted octanol–water partition coefficient (Wildman–Crippen LogP) is 2.17. The number of amides is 1. The summed E-state index contributed by atoms with van der Waals surface area (Å²) in [5, 5.41) is 1.06. The van der Waals surface area contributed by atoms with Gasteiger partial charge in [-0.2, -0.15) is 0 Å². The molecule has 2 rings (SSSR count). The fourth-order valence-corrected chi connectivity index (χ4v) is 3.02. The van der Waals surface area contributed by atoms with E-state index >= 15 is 0 Å². The van der Waals surface area contributed by atoms with Crippen molar-refractivity contribution in [2.75, 3.05) is 18.4 Å². The predicted molar refractivity (Wildman–Crippen MR) is 55.9 cm³/mol. The number of alkyl halides is 1. The summed E-state index contributed by atoms with van der Waals surface area (Å²) in [5.74, 6) is 0.368. The Bertz CT molecular complexity index is 207. The van der Waals surface area contributed by atoms with Gasteiger partial charge >= 0.3 is 0 Å². The first kappa shape index (κ1) is 9.50. The van der Waals surface area contributed by atoms with Crippen LogP contribution in [0.5, 0.6) is 0 Å². The van der Waals surface area contributed by atoms with Crippen molar-refractivity contribution in [2.24, 2.45) is 5.41 Å². The minimum Gasteiger partial charge on any atom is -0.342 e. The maximum Gasteiger partial charge on any atom is 0.222 e. The number of carbonyl (C=O) groups excluding carboxylic acids is 1. The zero-order valence-corrected chi connectivity index (χ0v) is 9.48. The Morgan fingerprint density at radius 2 is 2.15 bits per heavy atom. The van der Waals surface area contributed by atoms with Crippen LogP contribution < -0.4 is 0 Å². The first-order chi connectivity index (χ1) is 6.26. The summed E-state index contributed by atoms with van der Waals surface area (Å²) in [6, 6.07) is 0. The van der Waals surface area contributed by atoms with Gasteiger partial charge in [-0.25, -0.2) is 0 Å². The van der Waals surface area contributed by atoms with Crippen LogP contribution >= 0.6 is 15.9 Å². The van der Waals surface area contributed by atoms with Crippen LogP contribution in [0, 0.1) is 5.41 Å². The highest BCUT2D eigenvalue weighted by atomic mass is 79.9. The van der Waals surface area contributed by atoms with Crippen LogP contribution in [0.3, 0.4) is 0 Å². The van der Waals surface area contributed by atoms with Gasteiger partial charge in [0.25, 0.3) is 0 Å². The summed E-state index contributed by atoms with van der Waals surface area (Å²) < 4.78 is 0. The minimum atomic E-state index is 0.368. The molecule has 1 saturated carbocycles. The topological polar surface area (TPSA) is 20.3 Å². The molecule has 0 radical (unpaired) electrons. The summed E-state index contributed by atoms with van der Waals surface area (Å²) in [6.07, 6.45) is 5.77. The molecule has 74 valence electrons. The average Bonchev–Trinajstić information content (AvgIpc) is 2.44. The van der Waals surface area contributed by atoms with Crippen molar-refractivity contribution >= 4 is 21.8 Å². The van der Waals surface area contributed by atoms with Crippen molar-refractivity contribution in [1.29, 1.82) is 0 Å². The van der Waals surface area contributed by atoms with Crippen LogP contribution in [0.15, 0.2) is 0 Å². The molecule has 0 N–H and O–H groups in total. The highest BCUT2D eigenvalue weighted by molar-refractivity contribution is 9.09. The molecule has 2 fully saturated rings. The van der Waals surface area contributed by atoms with E-state index in [9.17, 15) is 4.79 Å². The first-order valence-electron chi connectivity index (χ1n) is 5.10. The molecule has 1 aliphatic carbocycles. The number of halogens is 1. The van der Waals surface area contributed by atoms with E-state index in [1.54, 1.807) is 0 Å². The third kappa shape index (κ3) is 1.76. The van der Waals surface area contributed by atoms with Crippen LogP contribution in [-0.2, 0) is 4.79 Å². The fourth-order valence-electron chi connectivity index (χ4n) is 2.29. The molecule has 1 aliphatic heterocycles. The van der Waals surface area contributed by atoms with Gasteiger partial charge in [0.15, 0.2) is 0 Å². The highest BCUT2D eigenvalue weighted by Gasteiger charge is 2.39. The fraction of sp³-hybridized carbons (Fsp3) is 0.900. The molecule has 1 heterocycles. The highest BCUT2D eigenvalue weighted by Crippen LogP contribution is 2.43. The van der Waals surface area contributed by atoms with E-state index in [4.69, 9.17) is 0 Å². The Hall–Kier alpha value is -0.0500. The lowest BCUT2D eigenvalue weighted by molar-refractivity contribution is -0.129. The summed E-state index contributed by atoms with van der Waals surface area (Å²) in [6.45, 7) is 1.99. The Balaban J connectivity index is 1.92. The van der Waals surface area contributed by atoms with Crippen LogP contribution in [0.25, 0.3) is 0 Å². The largest absolute Gasteiger partial charge is 0.342 e. The van der Waals surface area contributed by atoms with Gasteiger partial charge in [-0.15, -0.1) is 0 Å². The molecule has 1 saturated heterocycles. The number of nitrogens with zero attached hydrogens (tertiary/aromatic N) is 1. The summed E-state index contributed by atoms with van der Waals surface area (Å²) in [5.41, 5.74) is 0.431. The summed E-state index contributed by atoms with van der Waals surface area (Å²) in [4.78, 5) is 13.5. The van der Waals surface area contributed by atoms with Crippen molar-refractivity contribution in [3.8, 4) is 0 Å².